The van der Waals surface area contributed by atoms with Crippen LogP contribution in [0.4, 0.5) is 0 Å². The van der Waals surface area contributed by atoms with Gasteiger partial charge in [-0.1, -0.05) is 0 Å². The van der Waals surface area contributed by atoms with Crippen molar-refractivity contribution in [2.75, 3.05) is 0 Å². The van der Waals surface area contributed by atoms with E-state index in [4.69, 9.17) is 0 Å². The Morgan fingerprint density at radius 2 is 1.00 bits per heavy atom. The molecule has 1 aromatic heterocycles. The SMILES string of the molecule is C=CCn1c(=O)n(-c2ccccc2)c(=O)[n]1[Ge]([c]1ccccc1)([c]1ccccc1)[c]1ccccc1. The van der Waals surface area contributed by atoms with Crippen LogP contribution in [0, 0.1) is 0 Å². The molecular formula is C29H25GeN3O2. The van der Waals surface area contributed by atoms with Crippen LogP contribution in [0.2, 0.25) is 0 Å². The van der Waals surface area contributed by atoms with Gasteiger partial charge in [0.15, 0.2) is 0 Å². The van der Waals surface area contributed by atoms with Crippen molar-refractivity contribution in [1.29, 1.82) is 0 Å². The van der Waals surface area contributed by atoms with Crippen LogP contribution >= 0.6 is 0 Å². The first-order valence-electron chi connectivity index (χ1n) is 11.5. The molecule has 1 heterocycles. The fraction of sp³-hybridized carbons (Fsp3) is 0.0345. The van der Waals surface area contributed by atoms with E-state index in [1.54, 1.807) is 26.5 Å². The van der Waals surface area contributed by atoms with Gasteiger partial charge in [0.2, 0.25) is 0 Å². The zero-order valence-corrected chi connectivity index (χ0v) is 21.3. The fourth-order valence-electron chi connectivity index (χ4n) is 4.79. The van der Waals surface area contributed by atoms with Crippen LogP contribution in [0.3, 0.4) is 0 Å². The number of hydrogen-bond donors (Lipinski definition) is 0. The average Bonchev–Trinajstić information content (AvgIpc) is 3.17. The zero-order chi connectivity index (χ0) is 24.3. The van der Waals surface area contributed by atoms with Crippen molar-refractivity contribution in [1.82, 2.24) is 12.9 Å². The van der Waals surface area contributed by atoms with Crippen molar-refractivity contribution in [2.24, 2.45) is 0 Å². The summed E-state index contributed by atoms with van der Waals surface area (Å²) in [4.78, 5) is 28.2. The number of rotatable bonds is 7. The van der Waals surface area contributed by atoms with Crippen LogP contribution in [-0.2, 0) is 6.54 Å². The van der Waals surface area contributed by atoms with Crippen molar-refractivity contribution < 1.29 is 0 Å². The standard InChI is InChI=1S/C29H25GeN3O2/c1-2-23-31-28(34)32(27-21-13-6-14-22-27)29(35)33(31)30(24-15-7-3-8-16-24,25-17-9-4-10-18-25)26-19-11-5-12-20-26/h2-22H,1,23H2. The summed E-state index contributed by atoms with van der Waals surface area (Å²) in [6, 6.07) is 39.5. The van der Waals surface area contributed by atoms with E-state index in [0.717, 1.165) is 13.2 Å². The molecule has 0 bridgehead atoms. The average molecular weight is 520 g/mol. The Kier molecular flexibility index (Phi) is 6.25. The van der Waals surface area contributed by atoms with Crippen LogP contribution in [0.1, 0.15) is 0 Å². The Labute approximate surface area is 206 Å². The second-order valence-electron chi connectivity index (χ2n) is 8.23. The molecule has 0 saturated carbocycles. The topological polar surface area (TPSA) is 48.9 Å². The summed E-state index contributed by atoms with van der Waals surface area (Å²) in [6.07, 6.45) is 1.67. The summed E-state index contributed by atoms with van der Waals surface area (Å²) >= 11 is -4.03. The molecule has 0 aliphatic heterocycles. The molecule has 0 N–H and O–H groups in total. The van der Waals surface area contributed by atoms with Gasteiger partial charge in [0.1, 0.15) is 0 Å². The van der Waals surface area contributed by atoms with Crippen molar-refractivity contribution in [3.63, 3.8) is 0 Å². The van der Waals surface area contributed by atoms with Gasteiger partial charge in [-0.3, -0.25) is 0 Å². The molecule has 0 fully saturated rings. The third-order valence-electron chi connectivity index (χ3n) is 6.23. The van der Waals surface area contributed by atoms with Crippen LogP contribution in [-0.4, -0.2) is 26.4 Å². The third kappa shape index (κ3) is 3.74. The van der Waals surface area contributed by atoms with Gasteiger partial charge >= 0.3 is 207 Å². The molecule has 5 aromatic rings. The molecule has 0 unspecified atom stereocenters. The van der Waals surface area contributed by atoms with Gasteiger partial charge in [0, 0.05) is 0 Å². The van der Waals surface area contributed by atoms with E-state index in [-0.39, 0.29) is 17.9 Å². The Morgan fingerprint density at radius 1 is 0.600 bits per heavy atom. The summed E-state index contributed by atoms with van der Waals surface area (Å²) in [7, 11) is 0. The van der Waals surface area contributed by atoms with Crippen LogP contribution < -0.4 is 24.6 Å². The number of benzene rings is 4. The number of para-hydroxylation sites is 1. The van der Waals surface area contributed by atoms with E-state index in [1.807, 2.05) is 72.8 Å². The van der Waals surface area contributed by atoms with Gasteiger partial charge < -0.3 is 0 Å². The molecule has 172 valence electrons. The predicted octanol–water partition coefficient (Wildman–Crippen LogP) is 2.50. The molecule has 6 heteroatoms. The van der Waals surface area contributed by atoms with Gasteiger partial charge in [-0.05, 0) is 0 Å². The molecule has 0 atom stereocenters. The van der Waals surface area contributed by atoms with Gasteiger partial charge in [0.25, 0.3) is 0 Å². The summed E-state index contributed by atoms with van der Waals surface area (Å²) in [6.45, 7) is 4.10. The molecule has 5 nitrogen and oxygen atoms in total. The number of aromatic nitrogens is 3. The molecule has 0 saturated heterocycles. The second kappa shape index (κ2) is 9.64. The van der Waals surface area contributed by atoms with Gasteiger partial charge in [-0.25, -0.2) is 0 Å². The van der Waals surface area contributed by atoms with Crippen molar-refractivity contribution in [3.05, 3.63) is 155 Å². The minimum atomic E-state index is -4.03. The van der Waals surface area contributed by atoms with Crippen LogP contribution in [0.5, 0.6) is 0 Å². The normalized spacial score (nSPS) is 11.3. The van der Waals surface area contributed by atoms with Crippen molar-refractivity contribution in [3.8, 4) is 5.69 Å². The first-order chi connectivity index (χ1) is 17.2. The first kappa shape index (κ1) is 22.7. The Morgan fingerprint density at radius 3 is 1.40 bits per heavy atom. The molecular weight excluding hydrogens is 495 g/mol. The molecule has 0 amide bonds. The van der Waals surface area contributed by atoms with Crippen LogP contribution in [0.15, 0.2) is 144 Å². The maximum atomic E-state index is 14.4. The third-order valence-corrected chi connectivity index (χ3v) is 15.8. The number of allylic oxidation sites excluding steroid dienone is 1. The molecule has 0 spiro atoms. The molecule has 0 radical (unpaired) electrons. The van der Waals surface area contributed by atoms with E-state index in [0.29, 0.717) is 5.69 Å². The molecule has 0 aliphatic carbocycles. The number of hydrogen-bond acceptors (Lipinski definition) is 2. The first-order valence-corrected chi connectivity index (χ1v) is 15.6. The van der Waals surface area contributed by atoms with E-state index >= 15 is 0 Å². The van der Waals surface area contributed by atoms with Gasteiger partial charge in [-0.15, -0.1) is 0 Å². The monoisotopic (exact) mass is 521 g/mol. The van der Waals surface area contributed by atoms with Crippen molar-refractivity contribution >= 4 is 26.7 Å². The maximum absolute atomic E-state index is 14.4. The summed E-state index contributed by atoms with van der Waals surface area (Å²) in [5, 5.41) is 0. The van der Waals surface area contributed by atoms with Gasteiger partial charge in [0.05, 0.1) is 0 Å². The fourth-order valence-corrected chi connectivity index (χ4v) is 14.6. The van der Waals surface area contributed by atoms with E-state index in [1.165, 1.54) is 4.57 Å². The van der Waals surface area contributed by atoms with E-state index in [2.05, 4.69) is 43.0 Å². The Bertz CT molecular complexity index is 1460. The molecule has 4 aromatic carbocycles. The molecule has 35 heavy (non-hydrogen) atoms. The van der Waals surface area contributed by atoms with Crippen LogP contribution in [0.25, 0.3) is 5.69 Å². The quantitative estimate of drug-likeness (QED) is 0.245. The predicted molar refractivity (Wildman–Crippen MR) is 144 cm³/mol. The summed E-state index contributed by atoms with van der Waals surface area (Å²) in [5.74, 6) is 0. The van der Waals surface area contributed by atoms with Crippen molar-refractivity contribution in [2.45, 2.75) is 6.54 Å². The van der Waals surface area contributed by atoms with Gasteiger partial charge in [-0.2, -0.15) is 0 Å². The second-order valence-corrected chi connectivity index (χ2v) is 15.7. The zero-order valence-electron chi connectivity index (χ0n) is 19.2. The number of nitrogens with zero attached hydrogens (tertiary/aromatic N) is 3. The molecule has 0 aliphatic rings. The minimum absolute atomic E-state index is 0.216. The summed E-state index contributed by atoms with van der Waals surface area (Å²) < 4.78 is 7.77. The Hall–Kier alpha value is -4.10. The summed E-state index contributed by atoms with van der Waals surface area (Å²) in [5.41, 5.74) is -0.178. The Balaban J connectivity index is 2.01. The van der Waals surface area contributed by atoms with E-state index < -0.39 is 13.5 Å². The van der Waals surface area contributed by atoms with E-state index in [9.17, 15) is 9.59 Å². The molecule has 5 rings (SSSR count).